The number of carbonyl (C=O) groups is 1. The van der Waals surface area contributed by atoms with Crippen molar-refractivity contribution in [3.63, 3.8) is 0 Å². The molecular formula is C17H17FN2O3. The summed E-state index contributed by atoms with van der Waals surface area (Å²) in [4.78, 5) is 19.7. The Morgan fingerprint density at radius 3 is 2.87 bits per heavy atom. The lowest BCUT2D eigenvalue weighted by Gasteiger charge is -2.18. The van der Waals surface area contributed by atoms with E-state index in [0.29, 0.717) is 29.3 Å². The minimum atomic E-state index is -0.894. The normalized spacial score (nSPS) is 22.7. The summed E-state index contributed by atoms with van der Waals surface area (Å²) in [6.45, 7) is 3.74. The summed E-state index contributed by atoms with van der Waals surface area (Å²) in [5.74, 6) is -0.689. The highest BCUT2D eigenvalue weighted by Gasteiger charge is 2.60. The van der Waals surface area contributed by atoms with Gasteiger partial charge in [-0.15, -0.1) is 0 Å². The molecule has 1 heterocycles. The van der Waals surface area contributed by atoms with Gasteiger partial charge in [-0.2, -0.15) is 0 Å². The fourth-order valence-corrected chi connectivity index (χ4v) is 2.91. The van der Waals surface area contributed by atoms with Gasteiger partial charge >= 0.3 is 5.97 Å². The molecule has 0 aliphatic heterocycles. The molecule has 1 aromatic carbocycles. The van der Waals surface area contributed by atoms with Crippen LogP contribution < -0.4 is 4.74 Å². The highest BCUT2D eigenvalue weighted by molar-refractivity contribution is 5.77. The summed E-state index contributed by atoms with van der Waals surface area (Å²) in [5, 5.41) is 9.33. The van der Waals surface area contributed by atoms with Crippen LogP contribution in [-0.2, 0) is 10.2 Å². The van der Waals surface area contributed by atoms with Crippen molar-refractivity contribution in [3.8, 4) is 5.75 Å². The van der Waals surface area contributed by atoms with Gasteiger partial charge in [0.15, 0.2) is 5.75 Å². The molecule has 1 aliphatic carbocycles. The Hall–Kier alpha value is -2.50. The average molecular weight is 316 g/mol. The highest BCUT2D eigenvalue weighted by Crippen LogP contribution is 2.54. The van der Waals surface area contributed by atoms with Crippen LogP contribution in [-0.4, -0.2) is 27.7 Å². The Kier molecular flexibility index (Phi) is 3.75. The predicted molar refractivity (Wildman–Crippen MR) is 80.8 cm³/mol. The summed E-state index contributed by atoms with van der Waals surface area (Å²) in [5.41, 5.74) is 0.639. The van der Waals surface area contributed by atoms with Gasteiger partial charge in [0.2, 0.25) is 0 Å². The third kappa shape index (κ3) is 2.88. The van der Waals surface area contributed by atoms with Crippen LogP contribution in [0.25, 0.3) is 0 Å². The van der Waals surface area contributed by atoms with Gasteiger partial charge in [-0.25, -0.2) is 14.4 Å². The summed E-state index contributed by atoms with van der Waals surface area (Å²) in [7, 11) is 0. The lowest BCUT2D eigenvalue weighted by atomic mass is 9.94. The molecule has 3 rings (SSSR count). The number of nitrogens with zero attached hydrogens (tertiary/aromatic N) is 2. The van der Waals surface area contributed by atoms with Gasteiger partial charge < -0.3 is 9.84 Å². The predicted octanol–water partition coefficient (Wildman–Crippen LogP) is 2.65. The van der Waals surface area contributed by atoms with E-state index in [1.165, 1.54) is 12.1 Å². The monoisotopic (exact) mass is 316 g/mol. The number of rotatable bonds is 5. The minimum absolute atomic E-state index is 0.153. The fourth-order valence-electron chi connectivity index (χ4n) is 2.91. The van der Waals surface area contributed by atoms with E-state index >= 15 is 0 Å². The number of halogens is 1. The first-order valence-corrected chi connectivity index (χ1v) is 7.34. The molecular weight excluding hydrogens is 299 g/mol. The molecule has 1 fully saturated rings. The maximum absolute atomic E-state index is 13.5. The van der Waals surface area contributed by atoms with Crippen LogP contribution in [0.2, 0.25) is 0 Å². The number of benzene rings is 1. The van der Waals surface area contributed by atoms with Gasteiger partial charge in [0.1, 0.15) is 11.6 Å². The Balaban J connectivity index is 1.85. The van der Waals surface area contributed by atoms with Crippen molar-refractivity contribution in [2.45, 2.75) is 25.7 Å². The third-order valence-corrected chi connectivity index (χ3v) is 4.31. The minimum Gasteiger partial charge on any atom is -0.489 e. The van der Waals surface area contributed by atoms with Crippen molar-refractivity contribution in [1.82, 2.24) is 9.97 Å². The van der Waals surface area contributed by atoms with Gasteiger partial charge in [0, 0.05) is 5.41 Å². The molecule has 0 bridgehead atoms. The van der Waals surface area contributed by atoms with E-state index in [1.807, 2.05) is 0 Å². The molecule has 0 spiro atoms. The zero-order valence-electron chi connectivity index (χ0n) is 12.9. The smallest absolute Gasteiger partial charge is 0.307 e. The molecule has 0 amide bonds. The number of aryl methyl sites for hydroxylation is 2. The van der Waals surface area contributed by atoms with E-state index in [0.717, 1.165) is 0 Å². The van der Waals surface area contributed by atoms with Crippen LogP contribution in [0, 0.1) is 25.6 Å². The Morgan fingerprint density at radius 2 is 2.26 bits per heavy atom. The molecule has 1 aliphatic rings. The van der Waals surface area contributed by atoms with Crippen molar-refractivity contribution in [2.24, 2.45) is 5.92 Å². The SMILES string of the molecule is Cc1ncc(OCC2(c3cccc(F)c3)CC2C(=O)O)c(C)n1. The molecule has 1 aromatic heterocycles. The van der Waals surface area contributed by atoms with Crippen LogP contribution in [0.4, 0.5) is 4.39 Å². The molecule has 2 unspecified atom stereocenters. The van der Waals surface area contributed by atoms with Crippen molar-refractivity contribution in [1.29, 1.82) is 0 Å². The molecule has 2 atom stereocenters. The molecule has 120 valence electrons. The molecule has 0 saturated heterocycles. The van der Waals surface area contributed by atoms with Crippen molar-refractivity contribution in [2.75, 3.05) is 6.61 Å². The topological polar surface area (TPSA) is 72.3 Å². The lowest BCUT2D eigenvalue weighted by molar-refractivity contribution is -0.139. The van der Waals surface area contributed by atoms with Crippen molar-refractivity contribution >= 4 is 5.97 Å². The van der Waals surface area contributed by atoms with Crippen LogP contribution >= 0.6 is 0 Å². The Labute approximate surface area is 133 Å². The second-order valence-electron chi connectivity index (χ2n) is 5.92. The van der Waals surface area contributed by atoms with Crippen LogP contribution in [0.15, 0.2) is 30.5 Å². The Bertz CT molecular complexity index is 765. The van der Waals surface area contributed by atoms with E-state index in [-0.39, 0.29) is 12.4 Å². The molecule has 6 heteroatoms. The van der Waals surface area contributed by atoms with E-state index in [4.69, 9.17) is 4.74 Å². The number of ether oxygens (including phenoxy) is 1. The van der Waals surface area contributed by atoms with Crippen LogP contribution in [0.1, 0.15) is 23.5 Å². The van der Waals surface area contributed by atoms with E-state index in [9.17, 15) is 14.3 Å². The average Bonchev–Trinajstić information content (AvgIpc) is 3.23. The summed E-state index contributed by atoms with van der Waals surface area (Å²) in [6, 6.07) is 6.05. The molecule has 0 radical (unpaired) electrons. The molecule has 2 aromatic rings. The fraction of sp³-hybridized carbons (Fsp3) is 0.353. The van der Waals surface area contributed by atoms with Gasteiger partial charge in [-0.3, -0.25) is 4.79 Å². The van der Waals surface area contributed by atoms with Crippen molar-refractivity contribution in [3.05, 3.63) is 53.4 Å². The van der Waals surface area contributed by atoms with E-state index in [2.05, 4.69) is 9.97 Å². The number of aromatic nitrogens is 2. The lowest BCUT2D eigenvalue weighted by Crippen LogP contribution is -2.24. The van der Waals surface area contributed by atoms with Gasteiger partial charge in [0.25, 0.3) is 0 Å². The number of hydrogen-bond donors (Lipinski definition) is 1. The van der Waals surface area contributed by atoms with E-state index in [1.54, 1.807) is 32.2 Å². The first-order valence-electron chi connectivity index (χ1n) is 7.34. The zero-order chi connectivity index (χ0) is 16.6. The van der Waals surface area contributed by atoms with Gasteiger partial charge in [-0.1, -0.05) is 12.1 Å². The van der Waals surface area contributed by atoms with Crippen LogP contribution in [0.3, 0.4) is 0 Å². The molecule has 1 N–H and O–H groups in total. The summed E-state index contributed by atoms with van der Waals surface area (Å²) >= 11 is 0. The maximum Gasteiger partial charge on any atom is 0.307 e. The number of carboxylic acid groups (broad SMARTS) is 1. The summed E-state index contributed by atoms with van der Waals surface area (Å²) < 4.78 is 19.3. The van der Waals surface area contributed by atoms with Crippen LogP contribution in [0.5, 0.6) is 5.75 Å². The summed E-state index contributed by atoms with van der Waals surface area (Å²) in [6.07, 6.45) is 2.01. The van der Waals surface area contributed by atoms with Crippen molar-refractivity contribution < 1.29 is 19.0 Å². The zero-order valence-corrected chi connectivity index (χ0v) is 12.9. The second-order valence-corrected chi connectivity index (χ2v) is 5.92. The number of hydrogen-bond acceptors (Lipinski definition) is 4. The maximum atomic E-state index is 13.5. The first-order chi connectivity index (χ1) is 10.9. The number of aliphatic carboxylic acids is 1. The third-order valence-electron chi connectivity index (χ3n) is 4.31. The quantitative estimate of drug-likeness (QED) is 0.918. The Morgan fingerprint density at radius 1 is 1.48 bits per heavy atom. The highest BCUT2D eigenvalue weighted by atomic mass is 19.1. The second kappa shape index (κ2) is 5.61. The molecule has 5 nitrogen and oxygen atoms in total. The molecule has 1 saturated carbocycles. The molecule has 23 heavy (non-hydrogen) atoms. The van der Waals surface area contributed by atoms with Gasteiger partial charge in [-0.05, 0) is 38.0 Å². The largest absolute Gasteiger partial charge is 0.489 e. The standard InChI is InChI=1S/C17H17FN2O3/c1-10-15(8-19-11(2)20-10)23-9-17(7-14(17)16(21)22)12-4-3-5-13(18)6-12/h3-6,8,14H,7,9H2,1-2H3,(H,21,22). The van der Waals surface area contributed by atoms with Gasteiger partial charge in [0.05, 0.1) is 24.4 Å². The number of carboxylic acids is 1. The first kappa shape index (κ1) is 15.4. The van der Waals surface area contributed by atoms with E-state index < -0.39 is 17.3 Å².